The number of rotatable bonds is 5. The molecule has 0 radical (unpaired) electrons. The van der Waals surface area contributed by atoms with Crippen LogP contribution in [0.15, 0.2) is 42.3 Å². The Balaban J connectivity index is 1.20. The van der Waals surface area contributed by atoms with Crippen LogP contribution in [0.3, 0.4) is 0 Å². The Morgan fingerprint density at radius 1 is 1.21 bits per heavy atom. The van der Waals surface area contributed by atoms with Crippen molar-refractivity contribution in [3.8, 4) is 17.5 Å². The van der Waals surface area contributed by atoms with E-state index in [-0.39, 0.29) is 30.2 Å². The zero-order valence-electron chi connectivity index (χ0n) is 20.0. The number of carbonyl (C=O) groups is 1. The minimum Gasteiger partial charge on any atom is -0.488 e. The summed E-state index contributed by atoms with van der Waals surface area (Å²) < 4.78 is 59.1. The van der Waals surface area contributed by atoms with Crippen LogP contribution in [0.25, 0.3) is 4.96 Å². The van der Waals surface area contributed by atoms with E-state index in [9.17, 15) is 18.0 Å². The summed E-state index contributed by atoms with van der Waals surface area (Å²) in [6.45, 7) is 1.43. The smallest absolute Gasteiger partial charge is 0.421 e. The van der Waals surface area contributed by atoms with Crippen molar-refractivity contribution in [2.75, 3.05) is 38.3 Å². The Kier molecular flexibility index (Phi) is 5.97. The number of pyridine rings is 2. The number of fused-ring (bicyclic) bond motifs is 2. The number of alkyl halides is 3. The van der Waals surface area contributed by atoms with Gasteiger partial charge in [0.2, 0.25) is 11.8 Å². The highest BCUT2D eigenvalue weighted by molar-refractivity contribution is 7.15. The van der Waals surface area contributed by atoms with Gasteiger partial charge in [-0.1, -0.05) is 0 Å². The first kappa shape index (κ1) is 24.3. The molecule has 0 aromatic carbocycles. The third-order valence-corrected chi connectivity index (χ3v) is 7.13. The molecule has 1 unspecified atom stereocenters. The summed E-state index contributed by atoms with van der Waals surface area (Å²) in [5.74, 6) is 0.0242. The number of aromatic nitrogens is 4. The monoisotopic (exact) mass is 546 g/mol. The van der Waals surface area contributed by atoms with Crippen LogP contribution >= 0.6 is 11.3 Å². The van der Waals surface area contributed by atoms with Gasteiger partial charge in [0.25, 0.3) is 5.91 Å². The second kappa shape index (κ2) is 9.35. The number of ether oxygens (including phenoxy) is 3. The minimum absolute atomic E-state index is 0.169. The lowest BCUT2D eigenvalue weighted by Gasteiger charge is -2.31. The fraction of sp³-hybridized carbons (Fsp3) is 0.333. The summed E-state index contributed by atoms with van der Waals surface area (Å²) in [7, 11) is 1.14. The molecule has 198 valence electrons. The first-order chi connectivity index (χ1) is 18.3. The predicted molar refractivity (Wildman–Crippen MR) is 131 cm³/mol. The molecule has 1 fully saturated rings. The van der Waals surface area contributed by atoms with Crippen LogP contribution in [-0.4, -0.2) is 69.6 Å². The van der Waals surface area contributed by atoms with Gasteiger partial charge < -0.3 is 24.0 Å². The molecule has 1 amide bonds. The molecule has 4 aromatic heterocycles. The third kappa shape index (κ3) is 4.44. The maximum absolute atomic E-state index is 13.6. The molecule has 0 aliphatic carbocycles. The standard InChI is InChI=1S/C24H21F3N6O4S/c1-35-21-16(24(25,26)27)8-14(10-29-21)33-4-6-36-19-11-28-20(9-18(19)33)37-15-2-3-31(12-15)22(34)17-13-32-5-7-38-23(32)30-17/h5,7-11,13,15H,2-4,6,12H2,1H3. The lowest BCUT2D eigenvalue weighted by Crippen LogP contribution is -2.31. The van der Waals surface area contributed by atoms with E-state index >= 15 is 0 Å². The molecule has 1 saturated heterocycles. The van der Waals surface area contributed by atoms with E-state index in [4.69, 9.17) is 14.2 Å². The third-order valence-electron chi connectivity index (χ3n) is 6.36. The molecule has 0 spiro atoms. The van der Waals surface area contributed by atoms with Gasteiger partial charge in [-0.3, -0.25) is 9.20 Å². The predicted octanol–water partition coefficient (Wildman–Crippen LogP) is 4.04. The molecule has 10 nitrogen and oxygen atoms in total. The van der Waals surface area contributed by atoms with Gasteiger partial charge in [-0.15, -0.1) is 11.3 Å². The highest BCUT2D eigenvalue weighted by Crippen LogP contribution is 2.42. The van der Waals surface area contributed by atoms with Crippen LogP contribution in [0, 0.1) is 0 Å². The summed E-state index contributed by atoms with van der Waals surface area (Å²) in [5, 5.41) is 1.90. The number of likely N-dealkylation sites (tertiary alicyclic amines) is 1. The van der Waals surface area contributed by atoms with E-state index in [1.54, 1.807) is 22.1 Å². The lowest BCUT2D eigenvalue weighted by atomic mass is 10.2. The highest BCUT2D eigenvalue weighted by atomic mass is 32.1. The second-order valence-corrected chi connectivity index (χ2v) is 9.61. The second-order valence-electron chi connectivity index (χ2n) is 8.74. The summed E-state index contributed by atoms with van der Waals surface area (Å²) in [4.78, 5) is 29.6. The topological polar surface area (TPSA) is 94.3 Å². The maximum atomic E-state index is 13.6. The van der Waals surface area contributed by atoms with Crippen LogP contribution in [0.4, 0.5) is 24.5 Å². The lowest BCUT2D eigenvalue weighted by molar-refractivity contribution is -0.139. The van der Waals surface area contributed by atoms with Gasteiger partial charge in [0.05, 0.1) is 44.0 Å². The number of hydrogen-bond donors (Lipinski definition) is 0. The molecule has 1 atom stereocenters. The van der Waals surface area contributed by atoms with Crippen LogP contribution in [0.1, 0.15) is 22.5 Å². The molecule has 14 heteroatoms. The number of amides is 1. The van der Waals surface area contributed by atoms with Gasteiger partial charge in [0.15, 0.2) is 10.7 Å². The Morgan fingerprint density at radius 3 is 2.87 bits per heavy atom. The molecule has 2 aliphatic heterocycles. The number of anilines is 2. The molecule has 2 aliphatic rings. The van der Waals surface area contributed by atoms with Crippen molar-refractivity contribution in [1.82, 2.24) is 24.3 Å². The molecule has 0 bridgehead atoms. The molecule has 38 heavy (non-hydrogen) atoms. The summed E-state index contributed by atoms with van der Waals surface area (Å²) in [5.41, 5.74) is 0.149. The normalized spacial score (nSPS) is 17.4. The number of nitrogens with zero attached hydrogens (tertiary/aromatic N) is 6. The molecular formula is C24H21F3N6O4S. The van der Waals surface area contributed by atoms with Crippen LogP contribution in [-0.2, 0) is 6.18 Å². The van der Waals surface area contributed by atoms with E-state index in [0.29, 0.717) is 43.2 Å². The average Bonchev–Trinajstić information content (AvgIpc) is 3.64. The van der Waals surface area contributed by atoms with Crippen molar-refractivity contribution >= 4 is 33.6 Å². The Bertz CT molecular complexity index is 1480. The number of thiazole rings is 1. The highest BCUT2D eigenvalue weighted by Gasteiger charge is 2.37. The Hall–Kier alpha value is -4.07. The van der Waals surface area contributed by atoms with Crippen molar-refractivity contribution < 1.29 is 32.2 Å². The van der Waals surface area contributed by atoms with Gasteiger partial charge in [-0.05, 0) is 6.07 Å². The van der Waals surface area contributed by atoms with E-state index in [1.165, 1.54) is 23.7 Å². The molecular weight excluding hydrogens is 525 g/mol. The van der Waals surface area contributed by atoms with Gasteiger partial charge >= 0.3 is 6.18 Å². The molecule has 6 heterocycles. The SMILES string of the molecule is COc1ncc(N2CCOc3cnc(OC4CCN(C(=O)c5cn6ccsc6n5)C4)cc32)cc1C(F)(F)F. The Labute approximate surface area is 218 Å². The van der Waals surface area contributed by atoms with E-state index in [1.807, 2.05) is 16.0 Å². The number of hydrogen-bond acceptors (Lipinski definition) is 9. The largest absolute Gasteiger partial charge is 0.488 e. The first-order valence-corrected chi connectivity index (χ1v) is 12.6. The zero-order chi connectivity index (χ0) is 26.4. The Morgan fingerprint density at radius 2 is 2.08 bits per heavy atom. The fourth-order valence-corrected chi connectivity index (χ4v) is 5.26. The molecule has 0 N–H and O–H groups in total. The maximum Gasteiger partial charge on any atom is 0.421 e. The van der Waals surface area contributed by atoms with Crippen molar-refractivity contribution in [1.29, 1.82) is 0 Å². The van der Waals surface area contributed by atoms with Crippen LogP contribution in [0.5, 0.6) is 17.5 Å². The van der Waals surface area contributed by atoms with E-state index < -0.39 is 17.6 Å². The molecule has 6 rings (SSSR count). The van der Waals surface area contributed by atoms with Gasteiger partial charge in [-0.2, -0.15) is 13.2 Å². The first-order valence-electron chi connectivity index (χ1n) is 11.7. The van der Waals surface area contributed by atoms with Crippen molar-refractivity contribution in [2.24, 2.45) is 0 Å². The molecule has 0 saturated carbocycles. The van der Waals surface area contributed by atoms with Crippen molar-refractivity contribution in [3.05, 3.63) is 53.6 Å². The minimum atomic E-state index is -4.63. The van der Waals surface area contributed by atoms with Gasteiger partial charge in [0.1, 0.15) is 24.0 Å². The summed E-state index contributed by atoms with van der Waals surface area (Å²) >= 11 is 1.45. The number of halogens is 3. The van der Waals surface area contributed by atoms with Crippen LogP contribution < -0.4 is 19.1 Å². The zero-order valence-corrected chi connectivity index (χ0v) is 20.8. The van der Waals surface area contributed by atoms with Crippen molar-refractivity contribution in [3.63, 3.8) is 0 Å². The summed E-state index contributed by atoms with van der Waals surface area (Å²) in [6.07, 6.45) is 2.03. The number of methoxy groups -OCH3 is 1. The quantitative estimate of drug-likeness (QED) is 0.370. The van der Waals surface area contributed by atoms with E-state index in [0.717, 1.165) is 18.1 Å². The van der Waals surface area contributed by atoms with Gasteiger partial charge in [0, 0.05) is 36.8 Å². The summed E-state index contributed by atoms with van der Waals surface area (Å²) in [6, 6.07) is 2.63. The van der Waals surface area contributed by atoms with E-state index in [2.05, 4.69) is 15.0 Å². The fourth-order valence-electron chi connectivity index (χ4n) is 4.56. The van der Waals surface area contributed by atoms with Gasteiger partial charge in [-0.25, -0.2) is 15.0 Å². The van der Waals surface area contributed by atoms with Crippen LogP contribution in [0.2, 0.25) is 0 Å². The number of imidazole rings is 1. The van der Waals surface area contributed by atoms with Crippen molar-refractivity contribution in [2.45, 2.75) is 18.7 Å². The average molecular weight is 547 g/mol. The number of carbonyl (C=O) groups excluding carboxylic acids is 1. The molecule has 4 aromatic rings.